The van der Waals surface area contributed by atoms with Crippen LogP contribution in [-0.2, 0) is 6.42 Å². The smallest absolute Gasteiger partial charge is 0.263 e. The van der Waals surface area contributed by atoms with Crippen LogP contribution in [0.4, 0.5) is 0 Å². The molecule has 1 aromatic carbocycles. The van der Waals surface area contributed by atoms with Crippen LogP contribution in [0.5, 0.6) is 0 Å². The zero-order chi connectivity index (χ0) is 16.4. The Morgan fingerprint density at radius 3 is 3.04 bits per heavy atom. The molecule has 1 N–H and O–H groups in total. The van der Waals surface area contributed by atoms with Gasteiger partial charge in [-0.1, -0.05) is 18.2 Å². The van der Waals surface area contributed by atoms with Crippen LogP contribution >= 0.6 is 11.3 Å². The lowest BCUT2D eigenvalue weighted by Crippen LogP contribution is -2.25. The summed E-state index contributed by atoms with van der Waals surface area (Å²) in [6, 6.07) is 11.7. The second kappa shape index (κ2) is 6.25. The summed E-state index contributed by atoms with van der Waals surface area (Å²) in [5.74, 6) is 0.704. The van der Waals surface area contributed by atoms with E-state index < -0.39 is 0 Å². The molecule has 0 saturated carbocycles. The Labute approximate surface area is 140 Å². The highest BCUT2D eigenvalue weighted by Gasteiger charge is 2.15. The zero-order valence-corrected chi connectivity index (χ0v) is 13.4. The molecule has 0 radical (unpaired) electrons. The van der Waals surface area contributed by atoms with Crippen LogP contribution < -0.4 is 5.32 Å². The third-order valence-electron chi connectivity index (χ3n) is 3.58. The summed E-state index contributed by atoms with van der Waals surface area (Å²) >= 11 is 1.35. The molecule has 0 aliphatic rings. The number of aromatic nitrogens is 4. The summed E-state index contributed by atoms with van der Waals surface area (Å²) in [5, 5.41) is 16.8. The molecule has 3 heterocycles. The number of para-hydroxylation sites is 1. The van der Waals surface area contributed by atoms with E-state index in [1.165, 1.54) is 22.3 Å². The molecule has 120 valence electrons. The first-order valence-corrected chi connectivity index (χ1v) is 8.26. The second-order valence-corrected chi connectivity index (χ2v) is 6.06. The fourth-order valence-electron chi connectivity index (χ4n) is 2.46. The number of rotatable bonds is 5. The summed E-state index contributed by atoms with van der Waals surface area (Å²) in [6.45, 7) is 0.492. The molecule has 1 amide bonds. The van der Waals surface area contributed by atoms with E-state index in [9.17, 15) is 4.79 Å². The number of nitrogens with zero attached hydrogens (tertiary/aromatic N) is 4. The van der Waals surface area contributed by atoms with Crippen molar-refractivity contribution >= 4 is 28.2 Å². The minimum atomic E-state index is -0.147. The van der Waals surface area contributed by atoms with Crippen molar-refractivity contribution in [2.75, 3.05) is 6.54 Å². The Hall–Kier alpha value is -3.00. The van der Waals surface area contributed by atoms with E-state index in [1.54, 1.807) is 0 Å². The van der Waals surface area contributed by atoms with E-state index in [-0.39, 0.29) is 5.91 Å². The van der Waals surface area contributed by atoms with E-state index in [1.807, 2.05) is 41.8 Å². The lowest BCUT2D eigenvalue weighted by atomic mass is 10.2. The number of tetrazole rings is 1. The number of furan rings is 1. The molecule has 0 aliphatic carbocycles. The largest absolute Gasteiger partial charge is 0.461 e. The lowest BCUT2D eigenvalue weighted by molar-refractivity contribution is 0.0957. The minimum Gasteiger partial charge on any atom is -0.461 e. The van der Waals surface area contributed by atoms with Crippen molar-refractivity contribution < 1.29 is 9.21 Å². The first-order chi connectivity index (χ1) is 11.8. The zero-order valence-electron chi connectivity index (χ0n) is 12.5. The van der Waals surface area contributed by atoms with Gasteiger partial charge in [-0.2, -0.15) is 4.68 Å². The summed E-state index contributed by atoms with van der Waals surface area (Å²) in [5.41, 5.74) is 1.53. The van der Waals surface area contributed by atoms with Gasteiger partial charge >= 0.3 is 0 Å². The molecule has 0 fully saturated rings. The first kappa shape index (κ1) is 14.6. The molecule has 3 aromatic heterocycles. The van der Waals surface area contributed by atoms with Gasteiger partial charge in [0, 0.05) is 18.4 Å². The molecule has 0 saturated heterocycles. The van der Waals surface area contributed by atoms with E-state index in [2.05, 4.69) is 20.8 Å². The molecule has 8 heteroatoms. The van der Waals surface area contributed by atoms with Gasteiger partial charge in [-0.15, -0.1) is 16.4 Å². The maximum Gasteiger partial charge on any atom is 0.263 e. The summed E-state index contributed by atoms with van der Waals surface area (Å²) < 4.78 is 7.22. The third-order valence-corrected chi connectivity index (χ3v) is 4.48. The van der Waals surface area contributed by atoms with Gasteiger partial charge in [0.2, 0.25) is 0 Å². The number of carbonyl (C=O) groups excluding carboxylic acids is 1. The Morgan fingerprint density at radius 1 is 1.29 bits per heavy atom. The average molecular weight is 339 g/mol. The topological polar surface area (TPSA) is 85.8 Å². The quantitative estimate of drug-likeness (QED) is 0.603. The number of hydrogen-bond acceptors (Lipinski definition) is 6. The number of thiophene rings is 1. The van der Waals surface area contributed by atoms with Crippen molar-refractivity contribution in [2.24, 2.45) is 0 Å². The summed E-state index contributed by atoms with van der Waals surface area (Å²) in [7, 11) is 0. The van der Waals surface area contributed by atoms with Crippen molar-refractivity contribution in [1.29, 1.82) is 0 Å². The minimum absolute atomic E-state index is 0.147. The number of carbonyl (C=O) groups is 1. The molecule has 7 nitrogen and oxygen atoms in total. The van der Waals surface area contributed by atoms with Crippen LogP contribution in [-0.4, -0.2) is 32.7 Å². The van der Waals surface area contributed by atoms with Crippen molar-refractivity contribution in [2.45, 2.75) is 6.42 Å². The fourth-order valence-corrected chi connectivity index (χ4v) is 3.26. The molecular formula is C16H13N5O2S. The predicted molar refractivity (Wildman–Crippen MR) is 89.3 cm³/mol. The van der Waals surface area contributed by atoms with E-state index in [4.69, 9.17) is 4.42 Å². The lowest BCUT2D eigenvalue weighted by Gasteiger charge is -2.04. The highest BCUT2D eigenvalue weighted by Crippen LogP contribution is 2.20. The number of benzene rings is 1. The van der Waals surface area contributed by atoms with Gasteiger partial charge in [0.25, 0.3) is 5.91 Å². The van der Waals surface area contributed by atoms with Gasteiger partial charge in [0.05, 0.1) is 5.69 Å². The van der Waals surface area contributed by atoms with Crippen LogP contribution in [0.1, 0.15) is 15.4 Å². The van der Waals surface area contributed by atoms with Crippen LogP contribution in [0.25, 0.3) is 16.7 Å². The van der Waals surface area contributed by atoms with Gasteiger partial charge in [0.15, 0.2) is 0 Å². The summed E-state index contributed by atoms with van der Waals surface area (Å²) in [6.07, 6.45) is 2.10. The normalized spacial score (nSPS) is 11.0. The van der Waals surface area contributed by atoms with Crippen molar-refractivity contribution in [3.8, 4) is 5.69 Å². The molecule has 0 aliphatic heterocycles. The Balaban J connectivity index is 1.41. The molecule has 4 rings (SSSR count). The molecule has 4 aromatic rings. The van der Waals surface area contributed by atoms with E-state index in [0.29, 0.717) is 23.5 Å². The van der Waals surface area contributed by atoms with Crippen LogP contribution in [0.3, 0.4) is 0 Å². The number of hydrogen-bond donors (Lipinski definition) is 1. The first-order valence-electron chi connectivity index (χ1n) is 7.38. The number of fused-ring (bicyclic) bond motifs is 1. The highest BCUT2D eigenvalue weighted by atomic mass is 32.1. The maximum absolute atomic E-state index is 12.4. The standard InChI is InChI=1S/C16H13N5O2S/c22-16(15-13(6-8-24-15)21-10-18-19-20-21)17-7-5-12-9-11-3-1-2-4-14(11)23-12/h1-4,6,8-10H,5,7H2,(H,17,22). The predicted octanol–water partition coefficient (Wildman–Crippen LogP) is 2.44. The SMILES string of the molecule is O=C(NCCc1cc2ccccc2o1)c1sccc1-n1cnnn1. The van der Waals surface area contributed by atoms with Crippen LogP contribution in [0.2, 0.25) is 0 Å². The van der Waals surface area contributed by atoms with Gasteiger partial charge in [-0.25, -0.2) is 0 Å². The monoisotopic (exact) mass is 339 g/mol. The Morgan fingerprint density at radius 2 is 2.21 bits per heavy atom. The molecule has 0 bridgehead atoms. The molecule has 0 atom stereocenters. The van der Waals surface area contributed by atoms with E-state index >= 15 is 0 Å². The van der Waals surface area contributed by atoms with Gasteiger partial charge in [-0.3, -0.25) is 4.79 Å². The van der Waals surface area contributed by atoms with Gasteiger partial charge in [-0.05, 0) is 34.0 Å². The van der Waals surface area contributed by atoms with Gasteiger partial charge < -0.3 is 9.73 Å². The summed E-state index contributed by atoms with van der Waals surface area (Å²) in [4.78, 5) is 12.9. The Bertz CT molecular complexity index is 940. The second-order valence-electron chi connectivity index (χ2n) is 5.15. The Kier molecular flexibility index (Phi) is 3.80. The number of nitrogens with one attached hydrogen (secondary N) is 1. The third kappa shape index (κ3) is 2.79. The molecule has 24 heavy (non-hydrogen) atoms. The maximum atomic E-state index is 12.4. The molecule has 0 unspecified atom stereocenters. The van der Waals surface area contributed by atoms with Crippen molar-refractivity contribution in [3.63, 3.8) is 0 Å². The average Bonchev–Trinajstić information content (AvgIpc) is 3.33. The van der Waals surface area contributed by atoms with Crippen molar-refractivity contribution in [1.82, 2.24) is 25.5 Å². The van der Waals surface area contributed by atoms with Crippen LogP contribution in [0.15, 0.2) is 52.5 Å². The highest BCUT2D eigenvalue weighted by molar-refractivity contribution is 7.12. The van der Waals surface area contributed by atoms with Crippen LogP contribution in [0, 0.1) is 0 Å². The fraction of sp³-hybridized carbons (Fsp3) is 0.125. The molecular weight excluding hydrogens is 326 g/mol. The van der Waals surface area contributed by atoms with Crippen molar-refractivity contribution in [3.05, 3.63) is 58.7 Å². The van der Waals surface area contributed by atoms with E-state index in [0.717, 1.165) is 16.7 Å². The molecule has 0 spiro atoms. The number of amides is 1. The van der Waals surface area contributed by atoms with Gasteiger partial charge in [0.1, 0.15) is 22.5 Å².